The number of alkyl carbamates (subject to hydrolysis) is 1. The Bertz CT molecular complexity index is 1280. The summed E-state index contributed by atoms with van der Waals surface area (Å²) in [7, 11) is -3.98. The lowest BCUT2D eigenvalue weighted by Gasteiger charge is -2.37. The Morgan fingerprint density at radius 1 is 1.14 bits per heavy atom. The van der Waals surface area contributed by atoms with Crippen LogP contribution in [0, 0.1) is 5.92 Å². The fourth-order valence-corrected chi connectivity index (χ4v) is 6.03. The molecule has 6 nitrogen and oxygen atoms in total. The van der Waals surface area contributed by atoms with E-state index in [-0.39, 0.29) is 24.5 Å². The number of halogens is 4. The highest BCUT2D eigenvalue weighted by Crippen LogP contribution is 2.36. The van der Waals surface area contributed by atoms with Gasteiger partial charge in [0.25, 0.3) is 10.0 Å². The van der Waals surface area contributed by atoms with Crippen molar-refractivity contribution in [3.63, 3.8) is 0 Å². The van der Waals surface area contributed by atoms with Gasteiger partial charge in [-0.2, -0.15) is 13.2 Å². The molecule has 11 heteroatoms. The van der Waals surface area contributed by atoms with Crippen molar-refractivity contribution in [3.05, 3.63) is 82.9 Å². The fourth-order valence-electron chi connectivity index (χ4n) is 4.21. The summed E-state index contributed by atoms with van der Waals surface area (Å²) in [6.07, 6.45) is -0.406. The maximum absolute atomic E-state index is 13.6. The van der Waals surface area contributed by atoms with Gasteiger partial charge < -0.3 is 10.1 Å². The van der Waals surface area contributed by atoms with Gasteiger partial charge in [-0.25, -0.2) is 13.2 Å². The van der Waals surface area contributed by atoms with E-state index in [0.29, 0.717) is 29.1 Å². The molecule has 0 fully saturated rings. The molecule has 0 radical (unpaired) electrons. The van der Waals surface area contributed by atoms with Crippen molar-refractivity contribution in [2.75, 3.05) is 17.5 Å². The Morgan fingerprint density at radius 2 is 1.86 bits per heavy atom. The zero-order chi connectivity index (χ0) is 25.9. The van der Waals surface area contributed by atoms with E-state index in [4.69, 9.17) is 16.3 Å². The average Bonchev–Trinajstić information content (AvgIpc) is 2.85. The summed E-state index contributed by atoms with van der Waals surface area (Å²) < 4.78 is 72.1. The van der Waals surface area contributed by atoms with Crippen LogP contribution >= 0.6 is 11.6 Å². The number of benzene rings is 2. The first-order valence-electron chi connectivity index (χ1n) is 11.3. The quantitative estimate of drug-likeness (QED) is 0.514. The summed E-state index contributed by atoms with van der Waals surface area (Å²) in [4.78, 5) is 12.4. The molecule has 1 heterocycles. The van der Waals surface area contributed by atoms with Crippen molar-refractivity contribution >= 4 is 33.4 Å². The molecule has 1 amide bonds. The lowest BCUT2D eigenvalue weighted by molar-refractivity contribution is -0.160. The number of nitrogens with zero attached hydrogens (tertiary/aromatic N) is 1. The highest BCUT2D eigenvalue weighted by Gasteiger charge is 2.38. The molecule has 2 unspecified atom stereocenters. The maximum Gasteiger partial charge on any atom is 0.407 e. The van der Waals surface area contributed by atoms with E-state index in [2.05, 4.69) is 5.32 Å². The summed E-state index contributed by atoms with van der Waals surface area (Å²) >= 11 is 5.92. The summed E-state index contributed by atoms with van der Waals surface area (Å²) in [6, 6.07) is 12.3. The van der Waals surface area contributed by atoms with E-state index in [0.717, 1.165) is 11.6 Å². The van der Waals surface area contributed by atoms with E-state index >= 15 is 0 Å². The van der Waals surface area contributed by atoms with E-state index < -0.39 is 34.3 Å². The Balaban J connectivity index is 1.43. The second kappa shape index (κ2) is 10.6. The number of amides is 1. The van der Waals surface area contributed by atoms with Crippen molar-refractivity contribution in [1.82, 2.24) is 5.32 Å². The number of carbonyl (C=O) groups excluding carboxylic acids is 1. The normalized spacial score (nSPS) is 19.9. The summed E-state index contributed by atoms with van der Waals surface area (Å²) in [6.45, 7) is -0.196. The van der Waals surface area contributed by atoms with Crippen LogP contribution in [-0.2, 0) is 21.2 Å². The van der Waals surface area contributed by atoms with Crippen LogP contribution in [0.1, 0.15) is 18.4 Å². The Labute approximate surface area is 212 Å². The van der Waals surface area contributed by atoms with Crippen LogP contribution in [0.3, 0.4) is 0 Å². The maximum atomic E-state index is 13.6. The third kappa shape index (κ3) is 5.87. The van der Waals surface area contributed by atoms with Crippen molar-refractivity contribution in [2.45, 2.75) is 36.4 Å². The predicted octanol–water partition coefficient (Wildman–Crippen LogP) is 5.64. The van der Waals surface area contributed by atoms with Crippen LogP contribution in [0.5, 0.6) is 0 Å². The summed E-state index contributed by atoms with van der Waals surface area (Å²) in [5.74, 6) is -1.53. The summed E-state index contributed by atoms with van der Waals surface area (Å²) in [5, 5.41) is 2.92. The fraction of sp³-hybridized carbons (Fsp3) is 0.320. The molecular formula is C25H24ClF3N2O4S. The van der Waals surface area contributed by atoms with Gasteiger partial charge in [0.1, 0.15) is 6.61 Å². The van der Waals surface area contributed by atoms with Gasteiger partial charge in [0.15, 0.2) is 0 Å². The number of fused-ring (bicyclic) bond motifs is 1. The first kappa shape index (κ1) is 26.1. The minimum absolute atomic E-state index is 0.000197. The highest BCUT2D eigenvalue weighted by atomic mass is 35.5. The highest BCUT2D eigenvalue weighted by molar-refractivity contribution is 7.92. The van der Waals surface area contributed by atoms with Gasteiger partial charge in [0, 0.05) is 11.6 Å². The topological polar surface area (TPSA) is 75.7 Å². The molecule has 4 rings (SSSR count). The van der Waals surface area contributed by atoms with Gasteiger partial charge in [0.2, 0.25) is 0 Å². The zero-order valence-electron chi connectivity index (χ0n) is 19.0. The molecular weight excluding hydrogens is 517 g/mol. The molecule has 0 saturated carbocycles. The van der Waals surface area contributed by atoms with Gasteiger partial charge in [-0.05, 0) is 60.7 Å². The van der Waals surface area contributed by atoms with Crippen LogP contribution in [0.2, 0.25) is 5.02 Å². The molecule has 36 heavy (non-hydrogen) atoms. The number of allylic oxidation sites excluding steroid dienone is 2. The molecule has 2 aliphatic rings. The second-order valence-corrected chi connectivity index (χ2v) is 10.8. The monoisotopic (exact) mass is 540 g/mol. The largest absolute Gasteiger partial charge is 0.447 e. The Hall–Kier alpha value is -2.98. The van der Waals surface area contributed by atoms with Gasteiger partial charge in [-0.1, -0.05) is 48.0 Å². The molecule has 1 N–H and O–H groups in total. The molecule has 0 spiro atoms. The smallest absolute Gasteiger partial charge is 0.407 e. The molecule has 192 valence electrons. The number of ether oxygens (including phenoxy) is 1. The SMILES string of the molecule is O=C(NCC1=CCC(C(F)(F)F)C=C1)OCC1CCc2ccccc2N1S(=O)(=O)c1ccc(Cl)cc1. The number of hydrogen-bond acceptors (Lipinski definition) is 4. The zero-order valence-corrected chi connectivity index (χ0v) is 20.6. The number of rotatable bonds is 6. The Morgan fingerprint density at radius 3 is 2.53 bits per heavy atom. The van der Waals surface area contributed by atoms with Crippen molar-refractivity contribution in [1.29, 1.82) is 0 Å². The number of para-hydroxylation sites is 1. The van der Waals surface area contributed by atoms with Crippen LogP contribution < -0.4 is 9.62 Å². The number of nitrogens with one attached hydrogen (secondary N) is 1. The lowest BCUT2D eigenvalue weighted by atomic mass is 9.96. The van der Waals surface area contributed by atoms with E-state index in [1.54, 1.807) is 12.1 Å². The van der Waals surface area contributed by atoms with E-state index in [1.165, 1.54) is 40.7 Å². The molecule has 2 aromatic rings. The number of hydrogen-bond donors (Lipinski definition) is 1. The molecule has 0 bridgehead atoms. The van der Waals surface area contributed by atoms with Gasteiger partial charge in [0.05, 0.1) is 22.5 Å². The molecule has 0 aromatic heterocycles. The van der Waals surface area contributed by atoms with Crippen molar-refractivity contribution < 1.29 is 31.1 Å². The molecule has 1 aliphatic heterocycles. The third-order valence-corrected chi connectivity index (χ3v) is 8.25. The number of carbonyl (C=O) groups is 1. The van der Waals surface area contributed by atoms with Crippen molar-refractivity contribution in [2.24, 2.45) is 5.92 Å². The Kier molecular flexibility index (Phi) is 7.65. The van der Waals surface area contributed by atoms with Gasteiger partial charge in [-0.15, -0.1) is 0 Å². The minimum Gasteiger partial charge on any atom is -0.447 e. The number of alkyl halides is 3. The van der Waals surface area contributed by atoms with Crippen LogP contribution in [0.15, 0.2) is 77.2 Å². The van der Waals surface area contributed by atoms with Gasteiger partial charge >= 0.3 is 12.3 Å². The standard InChI is InChI=1S/C25H24ClF3N2O4S/c26-20-10-13-22(14-11-20)36(33,34)31-21(12-7-18-3-1-2-4-23(18)31)16-35-24(32)30-15-17-5-8-19(9-6-17)25(27,28)29/h1-6,8,10-11,13-14,19,21H,7,9,12,15-16H2,(H,30,32). The first-order chi connectivity index (χ1) is 17.1. The predicted molar refractivity (Wildman–Crippen MR) is 130 cm³/mol. The first-order valence-corrected chi connectivity index (χ1v) is 13.1. The van der Waals surface area contributed by atoms with E-state index in [1.807, 2.05) is 12.1 Å². The van der Waals surface area contributed by atoms with Crippen LogP contribution in [-0.4, -0.2) is 39.9 Å². The van der Waals surface area contributed by atoms with Crippen LogP contribution in [0.4, 0.5) is 23.7 Å². The number of aryl methyl sites for hydroxylation is 1. The summed E-state index contributed by atoms with van der Waals surface area (Å²) in [5.41, 5.74) is 1.92. The minimum atomic E-state index is -4.30. The molecule has 2 aromatic carbocycles. The molecule has 2 atom stereocenters. The lowest BCUT2D eigenvalue weighted by Crippen LogP contribution is -2.47. The van der Waals surface area contributed by atoms with E-state index in [9.17, 15) is 26.4 Å². The number of anilines is 1. The molecule has 0 saturated heterocycles. The van der Waals surface area contributed by atoms with Crippen molar-refractivity contribution in [3.8, 4) is 0 Å². The average molecular weight is 541 g/mol. The third-order valence-electron chi connectivity index (χ3n) is 6.12. The van der Waals surface area contributed by atoms with Crippen LogP contribution in [0.25, 0.3) is 0 Å². The van der Waals surface area contributed by atoms with Gasteiger partial charge in [-0.3, -0.25) is 4.31 Å². The molecule has 1 aliphatic carbocycles. The second-order valence-electron chi connectivity index (χ2n) is 8.55. The number of sulfonamides is 1.